The Labute approximate surface area is 332 Å². The van der Waals surface area contributed by atoms with E-state index in [1.807, 2.05) is 30.4 Å². The summed E-state index contributed by atoms with van der Waals surface area (Å²) in [5.41, 5.74) is 0. The van der Waals surface area contributed by atoms with Crippen molar-refractivity contribution in [3.63, 3.8) is 0 Å². The monoisotopic (exact) mass is 777 g/mol. The first-order chi connectivity index (χ1) is 26.8. The number of esters is 2. The average Bonchev–Trinajstić information content (AvgIpc) is 3.18. The van der Waals surface area contributed by atoms with Crippen molar-refractivity contribution >= 4 is 11.9 Å². The lowest BCUT2D eigenvalue weighted by molar-refractivity contribution is -0.305. The van der Waals surface area contributed by atoms with Crippen LogP contribution in [0.4, 0.5) is 0 Å². The van der Waals surface area contributed by atoms with E-state index in [0.717, 1.165) is 64.2 Å². The van der Waals surface area contributed by atoms with Gasteiger partial charge in [-0.2, -0.15) is 0 Å². The van der Waals surface area contributed by atoms with Crippen LogP contribution in [-0.2, 0) is 28.5 Å². The summed E-state index contributed by atoms with van der Waals surface area (Å²) in [6, 6.07) is 0. The zero-order chi connectivity index (χ0) is 40.2. The Morgan fingerprint density at radius 2 is 1.09 bits per heavy atom. The molecule has 1 saturated heterocycles. The highest BCUT2D eigenvalue weighted by Crippen LogP contribution is 2.22. The number of aliphatic hydroxyl groups is 4. The molecule has 2 unspecified atom stereocenters. The Morgan fingerprint density at radius 1 is 0.582 bits per heavy atom. The number of unbranched alkanes of at least 4 members (excludes halogenated alkanes) is 16. The van der Waals surface area contributed by atoms with Gasteiger partial charge in [0.15, 0.2) is 12.4 Å². The Kier molecular flexibility index (Phi) is 32.8. The topological polar surface area (TPSA) is 152 Å². The van der Waals surface area contributed by atoms with Crippen molar-refractivity contribution in [3.05, 3.63) is 60.8 Å². The fraction of sp³-hybridized carbons (Fsp3) is 0.733. The van der Waals surface area contributed by atoms with Crippen molar-refractivity contribution in [2.75, 3.05) is 19.8 Å². The van der Waals surface area contributed by atoms with E-state index in [0.29, 0.717) is 6.42 Å². The summed E-state index contributed by atoms with van der Waals surface area (Å²) >= 11 is 0. The van der Waals surface area contributed by atoms with Gasteiger partial charge in [0.05, 0.1) is 13.2 Å². The number of allylic oxidation sites excluding steroid dienone is 10. The van der Waals surface area contributed by atoms with Crippen LogP contribution in [0, 0.1) is 0 Å². The van der Waals surface area contributed by atoms with Crippen molar-refractivity contribution in [2.24, 2.45) is 0 Å². The predicted octanol–water partition coefficient (Wildman–Crippen LogP) is 8.66. The number of carbonyl (C=O) groups excluding carboxylic acids is 2. The molecule has 316 valence electrons. The summed E-state index contributed by atoms with van der Waals surface area (Å²) in [4.78, 5) is 25.3. The van der Waals surface area contributed by atoms with Gasteiger partial charge in [0.25, 0.3) is 0 Å². The molecule has 1 heterocycles. The first kappa shape index (κ1) is 50.4. The highest BCUT2D eigenvalue weighted by atomic mass is 16.7. The molecule has 10 nitrogen and oxygen atoms in total. The van der Waals surface area contributed by atoms with E-state index < -0.39 is 49.4 Å². The molecule has 0 spiro atoms. The molecule has 55 heavy (non-hydrogen) atoms. The van der Waals surface area contributed by atoms with Crippen LogP contribution in [0.3, 0.4) is 0 Å². The maximum Gasteiger partial charge on any atom is 0.306 e. The Hall–Kier alpha value is -2.60. The van der Waals surface area contributed by atoms with Gasteiger partial charge >= 0.3 is 11.9 Å². The predicted molar refractivity (Wildman–Crippen MR) is 219 cm³/mol. The SMILES string of the molecule is CC/C=C/C=C/C=C/C=C/CCCCCCCC(=O)O[C@@H](COC(=O)CCCCCCCCCCC/C=C/CCCC)CO[C@H]1O[C@@H](CO)[C@@H](O)C(O)C1O. The van der Waals surface area contributed by atoms with Crippen molar-refractivity contribution in [2.45, 2.75) is 192 Å². The van der Waals surface area contributed by atoms with E-state index in [-0.39, 0.29) is 32.0 Å². The highest BCUT2D eigenvalue weighted by molar-refractivity contribution is 5.70. The number of rotatable bonds is 34. The summed E-state index contributed by atoms with van der Waals surface area (Å²) < 4.78 is 22.1. The summed E-state index contributed by atoms with van der Waals surface area (Å²) in [7, 11) is 0. The lowest BCUT2D eigenvalue weighted by Crippen LogP contribution is -2.59. The molecule has 1 fully saturated rings. The fourth-order valence-electron chi connectivity index (χ4n) is 6.06. The van der Waals surface area contributed by atoms with Crippen LogP contribution in [0.1, 0.15) is 155 Å². The molecule has 10 heteroatoms. The van der Waals surface area contributed by atoms with Crippen LogP contribution >= 0.6 is 0 Å². The summed E-state index contributed by atoms with van der Waals surface area (Å²) in [6.07, 6.45) is 35.1. The van der Waals surface area contributed by atoms with Gasteiger partial charge in [0.2, 0.25) is 0 Å². The molecule has 0 aromatic heterocycles. The van der Waals surface area contributed by atoms with Gasteiger partial charge in [0, 0.05) is 12.8 Å². The summed E-state index contributed by atoms with van der Waals surface area (Å²) in [5, 5.41) is 40.0. The van der Waals surface area contributed by atoms with Gasteiger partial charge in [-0.05, 0) is 51.4 Å². The van der Waals surface area contributed by atoms with E-state index in [9.17, 15) is 30.0 Å². The Morgan fingerprint density at radius 3 is 1.67 bits per heavy atom. The second-order valence-corrected chi connectivity index (χ2v) is 14.5. The van der Waals surface area contributed by atoms with Gasteiger partial charge < -0.3 is 39.4 Å². The van der Waals surface area contributed by atoms with E-state index in [4.69, 9.17) is 18.9 Å². The van der Waals surface area contributed by atoms with Gasteiger partial charge in [-0.1, -0.05) is 152 Å². The number of aliphatic hydroxyl groups excluding tert-OH is 4. The summed E-state index contributed by atoms with van der Waals surface area (Å²) in [6.45, 7) is 3.21. The molecule has 0 aliphatic carbocycles. The minimum absolute atomic E-state index is 0.201. The average molecular weight is 777 g/mol. The molecule has 6 atom stereocenters. The van der Waals surface area contributed by atoms with Gasteiger partial charge in [-0.15, -0.1) is 0 Å². The van der Waals surface area contributed by atoms with Gasteiger partial charge in [-0.3, -0.25) is 9.59 Å². The number of hydrogen-bond donors (Lipinski definition) is 4. The van der Waals surface area contributed by atoms with Gasteiger partial charge in [-0.25, -0.2) is 0 Å². The van der Waals surface area contributed by atoms with Crippen molar-refractivity contribution < 1.29 is 49.0 Å². The number of carbonyl (C=O) groups is 2. The largest absolute Gasteiger partial charge is 0.462 e. The van der Waals surface area contributed by atoms with E-state index in [1.165, 1.54) is 57.8 Å². The quantitative estimate of drug-likeness (QED) is 0.0216. The third kappa shape index (κ3) is 27.6. The molecule has 1 aliphatic heterocycles. The lowest BCUT2D eigenvalue weighted by atomic mass is 9.99. The zero-order valence-electron chi connectivity index (χ0n) is 34.2. The molecule has 0 amide bonds. The maximum atomic E-state index is 12.7. The minimum Gasteiger partial charge on any atom is -0.462 e. The molecule has 0 saturated carbocycles. The first-order valence-corrected chi connectivity index (χ1v) is 21.4. The highest BCUT2D eigenvalue weighted by Gasteiger charge is 2.44. The molecule has 4 N–H and O–H groups in total. The number of ether oxygens (including phenoxy) is 4. The third-order valence-electron chi connectivity index (χ3n) is 9.48. The van der Waals surface area contributed by atoms with Crippen molar-refractivity contribution in [1.82, 2.24) is 0 Å². The molecular formula is C45H76O10. The molecule has 1 rings (SSSR count). The van der Waals surface area contributed by atoms with Crippen molar-refractivity contribution in [1.29, 1.82) is 0 Å². The van der Waals surface area contributed by atoms with Crippen LogP contribution in [-0.4, -0.2) is 89.0 Å². The first-order valence-electron chi connectivity index (χ1n) is 21.4. The standard InChI is InChI=1S/C45H76O10/c1-3-5-7-9-11-13-15-17-19-21-23-25-27-29-31-33-40(47)52-36-38(37-53-45-44(51)43(50)42(49)39(35-46)55-45)54-41(48)34-32-30-28-26-24-22-20-18-16-14-12-10-8-6-4-2/h6,8-12,14,16,18,20,38-39,42-46,49-51H,3-5,7,13,15,17,19,21-37H2,1-2H3/b8-6+,11-9+,12-10+,16-14+,20-18+/t38-,39-,42+,43?,44?,45-/m0/s1. The van der Waals surface area contributed by atoms with Crippen LogP contribution in [0.5, 0.6) is 0 Å². The zero-order valence-corrected chi connectivity index (χ0v) is 34.2. The van der Waals surface area contributed by atoms with Crippen LogP contribution < -0.4 is 0 Å². The lowest BCUT2D eigenvalue weighted by Gasteiger charge is -2.39. The van der Waals surface area contributed by atoms with Crippen LogP contribution in [0.2, 0.25) is 0 Å². The molecule has 0 aromatic carbocycles. The minimum atomic E-state index is -1.60. The van der Waals surface area contributed by atoms with E-state index >= 15 is 0 Å². The Bertz CT molecular complexity index is 1080. The van der Waals surface area contributed by atoms with Crippen molar-refractivity contribution in [3.8, 4) is 0 Å². The second kappa shape index (κ2) is 35.8. The third-order valence-corrected chi connectivity index (χ3v) is 9.48. The molecule has 1 aliphatic rings. The molecule has 0 aromatic rings. The second-order valence-electron chi connectivity index (χ2n) is 14.5. The van der Waals surface area contributed by atoms with E-state index in [1.54, 1.807) is 0 Å². The summed E-state index contributed by atoms with van der Waals surface area (Å²) in [5.74, 6) is -0.841. The van der Waals surface area contributed by atoms with Crippen LogP contribution in [0.25, 0.3) is 0 Å². The van der Waals surface area contributed by atoms with E-state index in [2.05, 4.69) is 44.2 Å². The smallest absolute Gasteiger partial charge is 0.306 e. The fourth-order valence-corrected chi connectivity index (χ4v) is 6.06. The number of hydrogen-bond acceptors (Lipinski definition) is 10. The molecule has 0 bridgehead atoms. The maximum absolute atomic E-state index is 12.7. The molecule has 0 radical (unpaired) electrons. The van der Waals surface area contributed by atoms with Crippen LogP contribution in [0.15, 0.2) is 60.8 Å². The Balaban J connectivity index is 2.37. The van der Waals surface area contributed by atoms with Gasteiger partial charge in [0.1, 0.15) is 31.0 Å². The normalized spacial score (nSPS) is 21.2. The molecular weight excluding hydrogens is 700 g/mol.